The Morgan fingerprint density at radius 1 is 1.13 bits per heavy atom. The summed E-state index contributed by atoms with van der Waals surface area (Å²) in [4.78, 5) is 29.9. The predicted octanol–water partition coefficient (Wildman–Crippen LogP) is 6.77. The van der Waals surface area contributed by atoms with Gasteiger partial charge in [0.2, 0.25) is 5.91 Å². The van der Waals surface area contributed by atoms with E-state index in [9.17, 15) is 14.7 Å². The Morgan fingerprint density at radius 2 is 1.87 bits per heavy atom. The molecule has 0 radical (unpaired) electrons. The van der Waals surface area contributed by atoms with Gasteiger partial charge in [-0.3, -0.25) is 9.59 Å². The van der Waals surface area contributed by atoms with Crippen LogP contribution in [0.25, 0.3) is 0 Å². The molecule has 2 aromatic rings. The standard InChI is InChI=1S/C31H34Cl2N2O3/c1-4-5-6-11-19(2)20(3)34-30(37)28-22-12-7-8-13-23(22)31(38)35(26-14-9-10-15-27(26)36)29(28)24-17-16-21(32)18-25(24)33/h4-8,11-13,16-18,20,26-29,36H,1,9-10,14-15H2,2-3H3,(H,34,37)/b6-5-,19-11+/t20?,26-,27-,28+,29-/m0/s1. The first-order valence-electron chi connectivity index (χ1n) is 13.1. The van der Waals surface area contributed by atoms with Crippen LogP contribution in [-0.2, 0) is 4.79 Å². The molecule has 2 aliphatic rings. The number of hydrogen-bond acceptors (Lipinski definition) is 3. The second kappa shape index (κ2) is 12.3. The zero-order valence-electron chi connectivity index (χ0n) is 21.7. The summed E-state index contributed by atoms with van der Waals surface area (Å²) in [6.45, 7) is 7.57. The molecule has 1 fully saturated rings. The van der Waals surface area contributed by atoms with Crippen molar-refractivity contribution < 1.29 is 14.7 Å². The van der Waals surface area contributed by atoms with Crippen molar-refractivity contribution in [3.8, 4) is 0 Å². The van der Waals surface area contributed by atoms with Gasteiger partial charge in [-0.25, -0.2) is 0 Å². The van der Waals surface area contributed by atoms with Gasteiger partial charge in [-0.1, -0.05) is 96.8 Å². The van der Waals surface area contributed by atoms with E-state index in [0.29, 0.717) is 39.6 Å². The van der Waals surface area contributed by atoms with Gasteiger partial charge in [-0.2, -0.15) is 0 Å². The number of benzene rings is 2. The molecule has 1 aliphatic carbocycles. The molecule has 1 saturated carbocycles. The van der Waals surface area contributed by atoms with Crippen molar-refractivity contribution in [3.63, 3.8) is 0 Å². The molecule has 4 rings (SSSR count). The number of hydrogen-bond donors (Lipinski definition) is 2. The van der Waals surface area contributed by atoms with E-state index in [4.69, 9.17) is 23.2 Å². The van der Waals surface area contributed by atoms with Gasteiger partial charge < -0.3 is 15.3 Å². The van der Waals surface area contributed by atoms with E-state index in [-0.39, 0.29) is 17.9 Å². The Balaban J connectivity index is 1.85. The Bertz CT molecular complexity index is 1270. The van der Waals surface area contributed by atoms with Gasteiger partial charge in [0.25, 0.3) is 5.91 Å². The number of nitrogens with zero attached hydrogens (tertiary/aromatic N) is 1. The summed E-state index contributed by atoms with van der Waals surface area (Å²) in [6, 6.07) is 11.0. The first-order valence-corrected chi connectivity index (χ1v) is 13.8. The molecule has 2 amide bonds. The van der Waals surface area contributed by atoms with Crippen LogP contribution in [-0.4, -0.2) is 40.0 Å². The number of amides is 2. The summed E-state index contributed by atoms with van der Waals surface area (Å²) in [7, 11) is 0. The number of carbonyl (C=O) groups is 2. The van der Waals surface area contributed by atoms with Crippen LogP contribution in [0.5, 0.6) is 0 Å². The Labute approximate surface area is 234 Å². The fourth-order valence-electron chi connectivity index (χ4n) is 5.53. The first kappa shape index (κ1) is 28.2. The summed E-state index contributed by atoms with van der Waals surface area (Å²) in [6.07, 6.45) is 9.69. The van der Waals surface area contributed by atoms with Crippen molar-refractivity contribution in [2.75, 3.05) is 0 Å². The molecule has 38 heavy (non-hydrogen) atoms. The minimum Gasteiger partial charge on any atom is -0.391 e. The number of aliphatic hydroxyl groups is 1. The van der Waals surface area contributed by atoms with Crippen LogP contribution in [0, 0.1) is 0 Å². The highest BCUT2D eigenvalue weighted by atomic mass is 35.5. The van der Waals surface area contributed by atoms with Crippen molar-refractivity contribution >= 4 is 35.0 Å². The third-order valence-corrected chi connectivity index (χ3v) is 8.20. The highest BCUT2D eigenvalue weighted by Crippen LogP contribution is 2.47. The van der Waals surface area contributed by atoms with Gasteiger partial charge in [-0.05, 0) is 56.0 Å². The summed E-state index contributed by atoms with van der Waals surface area (Å²) in [5.74, 6) is -1.16. The maximum Gasteiger partial charge on any atom is 0.255 e. The molecule has 7 heteroatoms. The second-order valence-electron chi connectivity index (χ2n) is 10.1. The maximum absolute atomic E-state index is 14.1. The molecule has 0 saturated heterocycles. The van der Waals surface area contributed by atoms with Crippen molar-refractivity contribution in [1.29, 1.82) is 0 Å². The normalized spacial score (nSPS) is 24.7. The highest BCUT2D eigenvalue weighted by molar-refractivity contribution is 6.35. The van der Waals surface area contributed by atoms with Gasteiger partial charge in [-0.15, -0.1) is 0 Å². The molecule has 1 aliphatic heterocycles. The van der Waals surface area contributed by atoms with Crippen LogP contribution in [0.4, 0.5) is 0 Å². The quantitative estimate of drug-likeness (QED) is 0.372. The fourth-order valence-corrected chi connectivity index (χ4v) is 6.06. The van der Waals surface area contributed by atoms with Crippen molar-refractivity contribution in [1.82, 2.24) is 10.2 Å². The lowest BCUT2D eigenvalue weighted by atomic mass is 9.76. The summed E-state index contributed by atoms with van der Waals surface area (Å²) in [5, 5.41) is 15.0. The fraction of sp³-hybridized carbons (Fsp3) is 0.355. The number of aliphatic hydroxyl groups excluding tert-OH is 1. The van der Waals surface area contributed by atoms with Crippen molar-refractivity contribution in [2.45, 2.75) is 69.7 Å². The molecule has 5 nitrogen and oxygen atoms in total. The number of carbonyl (C=O) groups excluding carboxylic acids is 2. The van der Waals surface area contributed by atoms with Crippen molar-refractivity contribution in [3.05, 3.63) is 106 Å². The van der Waals surface area contributed by atoms with E-state index >= 15 is 0 Å². The van der Waals surface area contributed by atoms with Crippen molar-refractivity contribution in [2.24, 2.45) is 0 Å². The molecule has 5 atom stereocenters. The zero-order valence-corrected chi connectivity index (χ0v) is 23.3. The molecular weight excluding hydrogens is 519 g/mol. The molecular formula is C31H34Cl2N2O3. The molecule has 1 heterocycles. The average Bonchev–Trinajstić information content (AvgIpc) is 2.89. The summed E-state index contributed by atoms with van der Waals surface area (Å²) < 4.78 is 0. The van der Waals surface area contributed by atoms with Crippen LogP contribution in [0.2, 0.25) is 10.0 Å². The lowest BCUT2D eigenvalue weighted by Gasteiger charge is -2.48. The highest BCUT2D eigenvalue weighted by Gasteiger charge is 2.49. The van der Waals surface area contributed by atoms with Gasteiger partial charge in [0.05, 0.1) is 24.1 Å². The SMILES string of the molecule is C=C/C=C\C=C(/C)C(C)NC(=O)[C@@H]1c2ccccc2C(=O)N([C@H]2CCCC[C@@H]2O)[C@H]1c1ccc(Cl)cc1Cl. The third kappa shape index (κ3) is 5.75. The van der Waals surface area contributed by atoms with Crippen LogP contribution in [0.1, 0.15) is 73.0 Å². The monoisotopic (exact) mass is 552 g/mol. The van der Waals surface area contributed by atoms with Gasteiger partial charge in [0.1, 0.15) is 0 Å². The second-order valence-corrected chi connectivity index (χ2v) is 10.9. The maximum atomic E-state index is 14.1. The largest absolute Gasteiger partial charge is 0.391 e. The third-order valence-electron chi connectivity index (χ3n) is 7.64. The van der Waals surface area contributed by atoms with Gasteiger partial charge in [0.15, 0.2) is 0 Å². The number of fused-ring (bicyclic) bond motifs is 1. The predicted molar refractivity (Wildman–Crippen MR) is 154 cm³/mol. The van der Waals surface area contributed by atoms with E-state index in [1.807, 2.05) is 44.2 Å². The van der Waals surface area contributed by atoms with Crippen LogP contribution in [0.15, 0.2) is 78.9 Å². The number of allylic oxidation sites excluding steroid dienone is 4. The first-order chi connectivity index (χ1) is 18.2. The molecule has 0 spiro atoms. The lowest BCUT2D eigenvalue weighted by Crippen LogP contribution is -2.56. The molecule has 2 aromatic carbocycles. The minimum absolute atomic E-state index is 0.203. The number of rotatable bonds is 7. The van der Waals surface area contributed by atoms with E-state index in [0.717, 1.165) is 18.4 Å². The zero-order chi connectivity index (χ0) is 27.4. The number of halogens is 2. The van der Waals surface area contributed by atoms with Gasteiger partial charge >= 0.3 is 0 Å². The molecule has 2 N–H and O–H groups in total. The molecule has 1 unspecified atom stereocenters. The molecule has 0 bridgehead atoms. The molecule has 200 valence electrons. The minimum atomic E-state index is -0.740. The summed E-state index contributed by atoms with van der Waals surface area (Å²) >= 11 is 13.0. The van der Waals surface area contributed by atoms with E-state index in [1.54, 1.807) is 41.3 Å². The topological polar surface area (TPSA) is 69.6 Å². The van der Waals surface area contributed by atoms with E-state index in [1.165, 1.54) is 0 Å². The number of nitrogens with one attached hydrogen (secondary N) is 1. The molecule has 0 aromatic heterocycles. The average molecular weight is 554 g/mol. The lowest BCUT2D eigenvalue weighted by molar-refractivity contribution is -0.125. The van der Waals surface area contributed by atoms with E-state index < -0.39 is 24.1 Å². The van der Waals surface area contributed by atoms with Crippen LogP contribution < -0.4 is 5.32 Å². The van der Waals surface area contributed by atoms with E-state index in [2.05, 4.69) is 11.9 Å². The Morgan fingerprint density at radius 3 is 2.58 bits per heavy atom. The van der Waals surface area contributed by atoms with Crippen LogP contribution in [0.3, 0.4) is 0 Å². The Kier molecular flexibility index (Phi) is 9.14. The van der Waals surface area contributed by atoms with Gasteiger partial charge in [0, 0.05) is 21.7 Å². The van der Waals surface area contributed by atoms with Crippen LogP contribution >= 0.6 is 23.2 Å². The smallest absolute Gasteiger partial charge is 0.255 e. The Hall–Kier alpha value is -2.86. The summed E-state index contributed by atoms with van der Waals surface area (Å²) in [5.41, 5.74) is 2.72.